The lowest BCUT2D eigenvalue weighted by Crippen LogP contribution is -2.37. The number of rotatable bonds is 6. The van der Waals surface area contributed by atoms with Crippen molar-refractivity contribution >= 4 is 21.4 Å². The second-order valence-corrected chi connectivity index (χ2v) is 7.43. The average Bonchev–Trinajstić information content (AvgIpc) is 3.06. The Kier molecular flexibility index (Phi) is 4.97. The molecule has 2 rings (SSSR count). The van der Waals surface area contributed by atoms with E-state index in [9.17, 15) is 8.42 Å². The molecule has 0 bridgehead atoms. The van der Waals surface area contributed by atoms with Crippen LogP contribution in [0.25, 0.3) is 0 Å². The van der Waals surface area contributed by atoms with Crippen LogP contribution >= 0.6 is 11.3 Å². The highest BCUT2D eigenvalue weighted by atomic mass is 32.2. The first-order valence-corrected chi connectivity index (χ1v) is 8.70. The predicted octanol–water partition coefficient (Wildman–Crippen LogP) is 1.43. The van der Waals surface area contributed by atoms with E-state index >= 15 is 0 Å². The Morgan fingerprint density at radius 2 is 2.37 bits per heavy atom. The molecule has 0 aromatic carbocycles. The molecule has 1 aliphatic rings. The van der Waals surface area contributed by atoms with Gasteiger partial charge in [-0.25, -0.2) is 8.42 Å². The van der Waals surface area contributed by atoms with E-state index in [0.29, 0.717) is 18.0 Å². The van der Waals surface area contributed by atoms with Gasteiger partial charge < -0.3 is 9.84 Å². The summed E-state index contributed by atoms with van der Waals surface area (Å²) < 4.78 is 31.9. The molecule has 1 aromatic rings. The maximum atomic E-state index is 12.5. The number of aliphatic hydroxyl groups is 1. The minimum absolute atomic E-state index is 0.00525. The van der Waals surface area contributed by atoms with Crippen LogP contribution < -0.4 is 0 Å². The summed E-state index contributed by atoms with van der Waals surface area (Å²) in [4.78, 5) is 0.924. The van der Waals surface area contributed by atoms with Crippen LogP contribution in [0.4, 0.5) is 0 Å². The van der Waals surface area contributed by atoms with Crippen LogP contribution in [-0.2, 0) is 21.4 Å². The highest BCUT2D eigenvalue weighted by molar-refractivity contribution is 7.89. The summed E-state index contributed by atoms with van der Waals surface area (Å²) in [7, 11) is -3.48. The topological polar surface area (TPSA) is 66.8 Å². The third kappa shape index (κ3) is 3.35. The van der Waals surface area contributed by atoms with Gasteiger partial charge in [0.2, 0.25) is 10.0 Å². The van der Waals surface area contributed by atoms with Crippen LogP contribution in [0.3, 0.4) is 0 Å². The lowest BCUT2D eigenvalue weighted by molar-refractivity contribution is 0.0947. The summed E-state index contributed by atoms with van der Waals surface area (Å²) in [5, 5.41) is 10.6. The van der Waals surface area contributed by atoms with Crippen molar-refractivity contribution in [3.05, 3.63) is 16.3 Å². The fourth-order valence-corrected chi connectivity index (χ4v) is 4.74. The van der Waals surface area contributed by atoms with Crippen molar-refractivity contribution in [3.63, 3.8) is 0 Å². The molecule has 1 N–H and O–H groups in total. The fraction of sp³-hybridized carbons (Fsp3) is 0.667. The zero-order valence-corrected chi connectivity index (χ0v) is 12.5. The first kappa shape index (κ1) is 14.9. The number of hydrogen-bond donors (Lipinski definition) is 1. The highest BCUT2D eigenvalue weighted by Gasteiger charge is 2.28. The SMILES string of the molecule is CCN(CC1CCCO1)S(=O)(=O)c1csc(CO)c1. The molecule has 0 saturated carbocycles. The Bertz CT molecular complexity index is 506. The van der Waals surface area contributed by atoms with Gasteiger partial charge in [-0.15, -0.1) is 11.3 Å². The molecular weight excluding hydrogens is 286 g/mol. The summed E-state index contributed by atoms with van der Waals surface area (Å²) in [6.45, 7) is 3.24. The number of ether oxygens (including phenoxy) is 1. The molecule has 0 spiro atoms. The van der Waals surface area contributed by atoms with Crippen LogP contribution in [-0.4, -0.2) is 43.6 Å². The minimum atomic E-state index is -3.48. The zero-order valence-electron chi connectivity index (χ0n) is 10.9. The van der Waals surface area contributed by atoms with E-state index in [-0.39, 0.29) is 17.6 Å². The van der Waals surface area contributed by atoms with Crippen molar-refractivity contribution in [1.82, 2.24) is 4.31 Å². The van der Waals surface area contributed by atoms with Gasteiger partial charge in [0.1, 0.15) is 0 Å². The Labute approximate surface area is 117 Å². The summed E-state index contributed by atoms with van der Waals surface area (Å²) in [5.74, 6) is 0. The number of aliphatic hydroxyl groups excluding tert-OH is 1. The standard InChI is InChI=1S/C12H19NO4S2/c1-2-13(7-10-4-3-5-17-10)19(15,16)12-6-11(8-14)18-9-12/h6,9-10,14H,2-5,7-8H2,1H3. The van der Waals surface area contributed by atoms with Crippen molar-refractivity contribution in [3.8, 4) is 0 Å². The second-order valence-electron chi connectivity index (χ2n) is 4.50. The Hall–Kier alpha value is -0.470. The van der Waals surface area contributed by atoms with E-state index < -0.39 is 10.0 Å². The normalized spacial score (nSPS) is 20.3. The Balaban J connectivity index is 2.15. The molecule has 1 atom stereocenters. The average molecular weight is 305 g/mol. The number of likely N-dealkylation sites (N-methyl/N-ethyl adjacent to an activating group) is 1. The van der Waals surface area contributed by atoms with Crippen LogP contribution in [0.5, 0.6) is 0 Å². The first-order chi connectivity index (χ1) is 9.07. The maximum Gasteiger partial charge on any atom is 0.243 e. The molecular formula is C12H19NO4S2. The van der Waals surface area contributed by atoms with Gasteiger partial charge in [-0.05, 0) is 18.9 Å². The number of nitrogens with zero attached hydrogens (tertiary/aromatic N) is 1. The predicted molar refractivity (Wildman–Crippen MR) is 73.6 cm³/mol. The van der Waals surface area contributed by atoms with Gasteiger partial charge >= 0.3 is 0 Å². The molecule has 1 aliphatic heterocycles. The quantitative estimate of drug-likeness (QED) is 0.863. The van der Waals surface area contributed by atoms with Crippen molar-refractivity contribution < 1.29 is 18.3 Å². The third-order valence-electron chi connectivity index (χ3n) is 3.21. The van der Waals surface area contributed by atoms with Crippen LogP contribution in [0, 0.1) is 0 Å². The fourth-order valence-electron chi connectivity index (χ4n) is 2.14. The second kappa shape index (κ2) is 6.32. The van der Waals surface area contributed by atoms with Crippen molar-refractivity contribution in [2.75, 3.05) is 19.7 Å². The van der Waals surface area contributed by atoms with E-state index in [1.807, 2.05) is 6.92 Å². The van der Waals surface area contributed by atoms with E-state index in [1.165, 1.54) is 21.7 Å². The van der Waals surface area contributed by atoms with Crippen molar-refractivity contribution in [1.29, 1.82) is 0 Å². The van der Waals surface area contributed by atoms with Gasteiger partial charge in [0.05, 0.1) is 17.6 Å². The smallest absolute Gasteiger partial charge is 0.243 e. The van der Waals surface area contributed by atoms with E-state index in [1.54, 1.807) is 5.38 Å². The highest BCUT2D eigenvalue weighted by Crippen LogP contribution is 2.24. The molecule has 0 radical (unpaired) electrons. The molecule has 5 nitrogen and oxygen atoms in total. The molecule has 0 aliphatic carbocycles. The summed E-state index contributed by atoms with van der Waals surface area (Å²) in [6, 6.07) is 1.54. The summed E-state index contributed by atoms with van der Waals surface area (Å²) in [5.41, 5.74) is 0. The van der Waals surface area contributed by atoms with Gasteiger partial charge in [0, 0.05) is 30.0 Å². The first-order valence-electron chi connectivity index (χ1n) is 6.38. The summed E-state index contributed by atoms with van der Waals surface area (Å²) in [6.07, 6.45) is 1.91. The van der Waals surface area contributed by atoms with Crippen LogP contribution in [0.15, 0.2) is 16.3 Å². The van der Waals surface area contributed by atoms with Crippen molar-refractivity contribution in [2.24, 2.45) is 0 Å². The molecule has 1 fully saturated rings. The maximum absolute atomic E-state index is 12.5. The number of thiophene rings is 1. The van der Waals surface area contributed by atoms with Crippen LogP contribution in [0.2, 0.25) is 0 Å². The Morgan fingerprint density at radius 1 is 1.58 bits per heavy atom. The third-order valence-corrected chi connectivity index (χ3v) is 6.20. The summed E-state index contributed by atoms with van der Waals surface area (Å²) >= 11 is 1.26. The number of sulfonamides is 1. The zero-order chi connectivity index (χ0) is 13.9. The molecule has 1 aromatic heterocycles. The van der Waals surface area contributed by atoms with E-state index in [2.05, 4.69) is 0 Å². The van der Waals surface area contributed by atoms with E-state index in [0.717, 1.165) is 19.4 Å². The van der Waals surface area contributed by atoms with Gasteiger partial charge in [-0.2, -0.15) is 4.31 Å². The lowest BCUT2D eigenvalue weighted by Gasteiger charge is -2.22. The van der Waals surface area contributed by atoms with Gasteiger partial charge in [-0.3, -0.25) is 0 Å². The minimum Gasteiger partial charge on any atom is -0.391 e. The molecule has 19 heavy (non-hydrogen) atoms. The van der Waals surface area contributed by atoms with Gasteiger partial charge in [-0.1, -0.05) is 6.92 Å². The largest absolute Gasteiger partial charge is 0.391 e. The van der Waals surface area contributed by atoms with Crippen molar-refractivity contribution in [2.45, 2.75) is 37.4 Å². The Morgan fingerprint density at radius 3 is 2.89 bits per heavy atom. The van der Waals surface area contributed by atoms with E-state index in [4.69, 9.17) is 9.84 Å². The molecule has 1 unspecified atom stereocenters. The molecule has 7 heteroatoms. The molecule has 1 saturated heterocycles. The monoisotopic (exact) mass is 305 g/mol. The molecule has 2 heterocycles. The van der Waals surface area contributed by atoms with Gasteiger partial charge in [0.15, 0.2) is 0 Å². The number of hydrogen-bond acceptors (Lipinski definition) is 5. The molecule has 108 valence electrons. The molecule has 0 amide bonds. The van der Waals surface area contributed by atoms with Crippen LogP contribution in [0.1, 0.15) is 24.6 Å². The van der Waals surface area contributed by atoms with Gasteiger partial charge in [0.25, 0.3) is 0 Å². The lowest BCUT2D eigenvalue weighted by atomic mass is 10.2.